The van der Waals surface area contributed by atoms with Gasteiger partial charge in [0.05, 0.1) is 16.9 Å². The normalized spacial score (nSPS) is 19.6. The molecule has 0 saturated heterocycles. The summed E-state index contributed by atoms with van der Waals surface area (Å²) in [6.45, 7) is 12.1. The number of carbonyl (C=O) groups excluding carboxylic acids is 2. The molecule has 1 aliphatic rings. The molecule has 0 amide bonds. The van der Waals surface area contributed by atoms with Crippen molar-refractivity contribution in [1.29, 1.82) is 0 Å². The Labute approximate surface area is 175 Å². The van der Waals surface area contributed by atoms with Crippen LogP contribution in [0.15, 0.2) is 49.7 Å². The van der Waals surface area contributed by atoms with Gasteiger partial charge < -0.3 is 9.15 Å². The fourth-order valence-electron chi connectivity index (χ4n) is 4.06. The predicted octanol–water partition coefficient (Wildman–Crippen LogP) is 4.48. The van der Waals surface area contributed by atoms with E-state index in [-0.39, 0.29) is 11.2 Å². The highest BCUT2D eigenvalue weighted by Crippen LogP contribution is 2.42. The van der Waals surface area contributed by atoms with Crippen LogP contribution in [0.2, 0.25) is 0 Å². The van der Waals surface area contributed by atoms with E-state index in [9.17, 15) is 14.4 Å². The Kier molecular flexibility index (Phi) is 5.54. The zero-order chi connectivity index (χ0) is 22.4. The van der Waals surface area contributed by atoms with Gasteiger partial charge in [-0.15, -0.1) is 0 Å². The summed E-state index contributed by atoms with van der Waals surface area (Å²) in [6, 6.07) is 6.64. The molecule has 1 aliphatic heterocycles. The number of carbonyl (C=O) groups is 2. The van der Waals surface area contributed by atoms with E-state index in [2.05, 4.69) is 4.99 Å². The first-order chi connectivity index (χ1) is 13.9. The highest BCUT2D eigenvalue weighted by molar-refractivity contribution is 6.09. The van der Waals surface area contributed by atoms with E-state index in [1.54, 1.807) is 59.7 Å². The summed E-state index contributed by atoms with van der Waals surface area (Å²) in [7, 11) is 0. The third-order valence-electron chi connectivity index (χ3n) is 5.13. The smallest absolute Gasteiger partial charge is 0.337 e. The quantitative estimate of drug-likeness (QED) is 0.698. The van der Waals surface area contributed by atoms with Gasteiger partial charge >= 0.3 is 5.97 Å². The summed E-state index contributed by atoms with van der Waals surface area (Å²) in [6.07, 6.45) is 0. The van der Waals surface area contributed by atoms with Crippen LogP contribution in [0.5, 0.6) is 0 Å². The average molecular weight is 409 g/mol. The monoisotopic (exact) mass is 409 g/mol. The molecule has 2 atom stereocenters. The molecule has 1 aromatic carbocycles. The molecule has 2 aromatic rings. The van der Waals surface area contributed by atoms with Crippen LogP contribution in [0.3, 0.4) is 0 Å². The van der Waals surface area contributed by atoms with Gasteiger partial charge in [-0.05, 0) is 54.5 Å². The lowest BCUT2D eigenvalue weighted by Crippen LogP contribution is -2.36. The Hall–Kier alpha value is -3.02. The molecular weight excluding hydrogens is 382 g/mol. The minimum Gasteiger partial charge on any atom is -0.461 e. The largest absolute Gasteiger partial charge is 0.461 e. The highest BCUT2D eigenvalue weighted by Gasteiger charge is 2.42. The molecule has 0 bridgehead atoms. The number of para-hydroxylation sites is 1. The standard InChI is InChI=1S/C24H27NO5/c1-12-11-18(27)16-9-8-10-17(22(16)29-12)21-19(15(4)26)13(2)25-14(3)20(21)23(28)30-24(5,6)7/h8-11,19,21H,1-7H3. The van der Waals surface area contributed by atoms with Crippen LogP contribution in [-0.2, 0) is 14.3 Å². The Balaban J connectivity index is 2.34. The first-order valence-corrected chi connectivity index (χ1v) is 9.94. The summed E-state index contributed by atoms with van der Waals surface area (Å²) >= 11 is 0. The van der Waals surface area contributed by atoms with E-state index < -0.39 is 23.4 Å². The first-order valence-electron chi connectivity index (χ1n) is 9.94. The molecule has 0 fully saturated rings. The van der Waals surface area contributed by atoms with E-state index in [0.29, 0.717) is 39.3 Å². The zero-order valence-corrected chi connectivity index (χ0v) is 18.5. The zero-order valence-electron chi connectivity index (χ0n) is 18.5. The van der Waals surface area contributed by atoms with Gasteiger partial charge in [0.25, 0.3) is 0 Å². The van der Waals surface area contributed by atoms with Crippen LogP contribution < -0.4 is 5.43 Å². The molecule has 1 aromatic heterocycles. The number of esters is 1. The molecule has 2 heterocycles. The number of Topliss-reactive ketones (excluding diaryl/α,β-unsaturated/α-hetero) is 1. The topological polar surface area (TPSA) is 85.9 Å². The molecule has 3 rings (SSSR count). The van der Waals surface area contributed by atoms with Crippen LogP contribution in [0.4, 0.5) is 0 Å². The number of ketones is 1. The molecule has 0 N–H and O–H groups in total. The van der Waals surface area contributed by atoms with Crippen LogP contribution in [0.25, 0.3) is 11.0 Å². The summed E-state index contributed by atoms with van der Waals surface area (Å²) in [5, 5.41) is 0.404. The molecular formula is C24H27NO5. The van der Waals surface area contributed by atoms with E-state index in [1.807, 2.05) is 0 Å². The van der Waals surface area contributed by atoms with Crippen molar-refractivity contribution in [2.75, 3.05) is 0 Å². The maximum Gasteiger partial charge on any atom is 0.337 e. The summed E-state index contributed by atoms with van der Waals surface area (Å²) in [4.78, 5) is 42.9. The van der Waals surface area contributed by atoms with Crippen LogP contribution in [0, 0.1) is 12.8 Å². The Bertz CT molecular complexity index is 1160. The van der Waals surface area contributed by atoms with E-state index in [1.165, 1.54) is 13.0 Å². The van der Waals surface area contributed by atoms with Gasteiger partial charge in [-0.25, -0.2) is 4.79 Å². The average Bonchev–Trinajstić information content (AvgIpc) is 2.58. The predicted molar refractivity (Wildman–Crippen MR) is 116 cm³/mol. The lowest BCUT2D eigenvalue weighted by atomic mass is 9.73. The minimum atomic E-state index is -0.710. The maximum absolute atomic E-state index is 13.2. The molecule has 0 radical (unpaired) electrons. The minimum absolute atomic E-state index is 0.123. The SMILES string of the molecule is CC(=O)C1C(C)=NC(C)=C(C(=O)OC(C)(C)C)C1c1cccc2c(=O)cc(C)oc12. The Morgan fingerprint density at radius 2 is 1.80 bits per heavy atom. The molecule has 2 unspecified atom stereocenters. The number of rotatable bonds is 3. The van der Waals surface area contributed by atoms with Gasteiger partial charge in [-0.2, -0.15) is 0 Å². The summed E-state index contributed by atoms with van der Waals surface area (Å²) in [5.41, 5.74) is 1.52. The lowest BCUT2D eigenvalue weighted by Gasteiger charge is -2.33. The van der Waals surface area contributed by atoms with Gasteiger partial charge in [-0.1, -0.05) is 12.1 Å². The number of nitrogens with zero attached hydrogens (tertiary/aromatic N) is 1. The second-order valence-corrected chi connectivity index (χ2v) is 8.77. The number of benzene rings is 1. The van der Waals surface area contributed by atoms with Crippen molar-refractivity contribution in [3.8, 4) is 0 Å². The van der Waals surface area contributed by atoms with Crippen molar-refractivity contribution in [2.24, 2.45) is 10.9 Å². The van der Waals surface area contributed by atoms with Crippen LogP contribution >= 0.6 is 0 Å². The van der Waals surface area contributed by atoms with Gasteiger partial charge in [-0.3, -0.25) is 14.6 Å². The van der Waals surface area contributed by atoms with Gasteiger partial charge in [0.1, 0.15) is 22.7 Å². The van der Waals surface area contributed by atoms with Crippen LogP contribution in [-0.4, -0.2) is 23.1 Å². The maximum atomic E-state index is 13.2. The number of hydrogen-bond acceptors (Lipinski definition) is 6. The fourth-order valence-corrected chi connectivity index (χ4v) is 4.06. The third kappa shape index (κ3) is 3.99. The lowest BCUT2D eigenvalue weighted by molar-refractivity contribution is -0.150. The number of fused-ring (bicyclic) bond motifs is 1. The van der Waals surface area contributed by atoms with E-state index in [4.69, 9.17) is 9.15 Å². The number of allylic oxidation sites excluding steroid dienone is 1. The van der Waals surface area contributed by atoms with Crippen LogP contribution in [0.1, 0.15) is 58.8 Å². The second-order valence-electron chi connectivity index (χ2n) is 8.77. The molecule has 30 heavy (non-hydrogen) atoms. The molecule has 0 saturated carbocycles. The molecule has 6 heteroatoms. The Morgan fingerprint density at radius 3 is 2.40 bits per heavy atom. The van der Waals surface area contributed by atoms with Crippen molar-refractivity contribution in [2.45, 2.75) is 60.0 Å². The highest BCUT2D eigenvalue weighted by atomic mass is 16.6. The van der Waals surface area contributed by atoms with E-state index in [0.717, 1.165) is 0 Å². The van der Waals surface area contributed by atoms with Gasteiger partial charge in [0.2, 0.25) is 0 Å². The molecule has 0 aliphatic carbocycles. The molecule has 158 valence electrons. The summed E-state index contributed by atoms with van der Waals surface area (Å²) in [5.74, 6) is -1.52. The molecule has 6 nitrogen and oxygen atoms in total. The number of ether oxygens (including phenoxy) is 1. The number of hydrogen-bond donors (Lipinski definition) is 0. The first kappa shape index (κ1) is 21.7. The van der Waals surface area contributed by atoms with E-state index >= 15 is 0 Å². The van der Waals surface area contributed by atoms with Crippen molar-refractivity contribution >= 4 is 28.4 Å². The van der Waals surface area contributed by atoms with Gasteiger partial charge in [0.15, 0.2) is 5.43 Å². The molecule has 0 spiro atoms. The van der Waals surface area contributed by atoms with Crippen molar-refractivity contribution < 1.29 is 18.7 Å². The van der Waals surface area contributed by atoms with Crippen molar-refractivity contribution in [1.82, 2.24) is 0 Å². The third-order valence-corrected chi connectivity index (χ3v) is 5.13. The summed E-state index contributed by atoms with van der Waals surface area (Å²) < 4.78 is 11.6. The Morgan fingerprint density at radius 1 is 1.13 bits per heavy atom. The van der Waals surface area contributed by atoms with Crippen molar-refractivity contribution in [3.63, 3.8) is 0 Å². The number of aliphatic imine (C=N–C) groups is 1. The van der Waals surface area contributed by atoms with Crippen molar-refractivity contribution in [3.05, 3.63) is 57.1 Å². The number of aryl methyl sites for hydroxylation is 1. The fraction of sp³-hybridized carbons (Fsp3) is 0.417. The second kappa shape index (κ2) is 7.67. The van der Waals surface area contributed by atoms with Gasteiger partial charge in [0, 0.05) is 29.0 Å².